The van der Waals surface area contributed by atoms with Gasteiger partial charge in [-0.25, -0.2) is 5.43 Å². The fraction of sp³-hybridized carbons (Fsp3) is 0.125. The Morgan fingerprint density at radius 2 is 1.96 bits per heavy atom. The maximum Gasteiger partial charge on any atom is 0.278 e. The number of nitrogens with zero attached hydrogens (tertiary/aromatic N) is 2. The molecule has 2 aromatic rings. The number of hydrazone groups is 1. The summed E-state index contributed by atoms with van der Waals surface area (Å²) in [7, 11) is 0. The summed E-state index contributed by atoms with van der Waals surface area (Å²) in [6.45, 7) is 1.75. The molecule has 0 fully saturated rings. The third-order valence-electron chi connectivity index (χ3n) is 3.01. The summed E-state index contributed by atoms with van der Waals surface area (Å²) in [5, 5.41) is 14.9. The normalized spacial score (nSPS) is 12.1. The van der Waals surface area contributed by atoms with Gasteiger partial charge in [-0.2, -0.15) is 5.10 Å². The molecule has 0 aliphatic carbocycles. The molecule has 0 spiro atoms. The lowest BCUT2D eigenvalue weighted by Gasteiger charge is -2.09. The molecule has 0 heterocycles. The minimum Gasteiger partial charge on any atom is -0.272 e. The van der Waals surface area contributed by atoms with Crippen molar-refractivity contribution in [3.05, 3.63) is 69.2 Å². The van der Waals surface area contributed by atoms with Gasteiger partial charge in [0.1, 0.15) is 0 Å². The van der Waals surface area contributed by atoms with E-state index in [9.17, 15) is 14.9 Å². The van der Waals surface area contributed by atoms with Gasteiger partial charge in [0, 0.05) is 16.0 Å². The highest BCUT2D eigenvalue weighted by Crippen LogP contribution is 2.24. The number of hydrogen-bond donors (Lipinski definition) is 1. The van der Waals surface area contributed by atoms with E-state index in [0.717, 1.165) is 4.90 Å². The van der Waals surface area contributed by atoms with Gasteiger partial charge in [-0.1, -0.05) is 23.7 Å². The molecule has 1 N–H and O–H groups in total. The topological polar surface area (TPSA) is 84.6 Å². The Morgan fingerprint density at radius 3 is 2.62 bits per heavy atom. The van der Waals surface area contributed by atoms with E-state index < -0.39 is 4.92 Å². The largest absolute Gasteiger partial charge is 0.278 e. The molecule has 1 atom stereocenters. The lowest BCUT2D eigenvalue weighted by molar-refractivity contribution is -0.385. The van der Waals surface area contributed by atoms with E-state index >= 15 is 0 Å². The van der Waals surface area contributed by atoms with Crippen LogP contribution in [0.3, 0.4) is 0 Å². The van der Waals surface area contributed by atoms with Crippen LogP contribution in [0.25, 0.3) is 0 Å². The monoisotopic (exact) mass is 363 g/mol. The minimum atomic E-state index is -0.498. The molecule has 124 valence electrons. The van der Waals surface area contributed by atoms with Gasteiger partial charge in [-0.3, -0.25) is 14.9 Å². The fourth-order valence-corrected chi connectivity index (χ4v) is 2.78. The molecular formula is C16H14ClN3O3S. The Balaban J connectivity index is 1.95. The molecule has 1 amide bonds. The Morgan fingerprint density at radius 1 is 1.29 bits per heavy atom. The molecule has 0 aromatic heterocycles. The van der Waals surface area contributed by atoms with E-state index in [0.29, 0.717) is 10.6 Å². The highest BCUT2D eigenvalue weighted by atomic mass is 35.5. The lowest BCUT2D eigenvalue weighted by Crippen LogP contribution is -2.26. The average molecular weight is 364 g/mol. The van der Waals surface area contributed by atoms with E-state index in [1.807, 2.05) is 12.1 Å². The summed E-state index contributed by atoms with van der Waals surface area (Å²) in [5.41, 5.74) is 2.64. The molecule has 0 radical (unpaired) electrons. The van der Waals surface area contributed by atoms with Gasteiger partial charge >= 0.3 is 0 Å². The van der Waals surface area contributed by atoms with Gasteiger partial charge in [0.15, 0.2) is 0 Å². The van der Waals surface area contributed by atoms with Crippen LogP contribution >= 0.6 is 23.4 Å². The Hall–Kier alpha value is -2.38. The number of carbonyl (C=O) groups is 1. The zero-order valence-electron chi connectivity index (χ0n) is 12.7. The predicted molar refractivity (Wildman–Crippen MR) is 95.6 cm³/mol. The molecule has 6 nitrogen and oxygen atoms in total. The minimum absolute atomic E-state index is 0.0703. The van der Waals surface area contributed by atoms with Crippen molar-refractivity contribution in [1.29, 1.82) is 0 Å². The second kappa shape index (κ2) is 8.47. The quantitative estimate of drug-likeness (QED) is 0.365. The van der Waals surface area contributed by atoms with Crippen LogP contribution < -0.4 is 5.43 Å². The summed E-state index contributed by atoms with van der Waals surface area (Å²) < 4.78 is 0. The second-order valence-electron chi connectivity index (χ2n) is 4.76. The van der Waals surface area contributed by atoms with Gasteiger partial charge in [-0.15, -0.1) is 11.8 Å². The number of hydrogen-bond acceptors (Lipinski definition) is 5. The van der Waals surface area contributed by atoms with Crippen LogP contribution in [0.5, 0.6) is 0 Å². The number of nitro groups is 1. The zero-order valence-corrected chi connectivity index (χ0v) is 14.3. The number of amides is 1. The van der Waals surface area contributed by atoms with Crippen LogP contribution in [0.4, 0.5) is 5.69 Å². The SMILES string of the molecule is C[C@@H](Sc1ccc(Cl)cc1)C(=O)N/N=C\c1ccccc1[N+](=O)[O-]. The van der Waals surface area contributed by atoms with E-state index in [1.54, 1.807) is 37.3 Å². The number of rotatable bonds is 6. The van der Waals surface area contributed by atoms with Crippen molar-refractivity contribution in [2.45, 2.75) is 17.1 Å². The number of halogens is 1. The van der Waals surface area contributed by atoms with Crippen molar-refractivity contribution in [3.8, 4) is 0 Å². The smallest absolute Gasteiger partial charge is 0.272 e. The Bertz CT molecular complexity index is 765. The molecule has 0 saturated carbocycles. The third kappa shape index (κ3) is 5.07. The first-order valence-corrected chi connectivity index (χ1v) is 8.21. The maximum absolute atomic E-state index is 12.0. The van der Waals surface area contributed by atoms with E-state index in [2.05, 4.69) is 10.5 Å². The van der Waals surface area contributed by atoms with Gasteiger partial charge in [0.25, 0.3) is 11.6 Å². The molecule has 24 heavy (non-hydrogen) atoms. The van der Waals surface area contributed by atoms with Gasteiger partial charge < -0.3 is 0 Å². The van der Waals surface area contributed by atoms with Crippen molar-refractivity contribution < 1.29 is 9.72 Å². The van der Waals surface area contributed by atoms with Gasteiger partial charge in [0.05, 0.1) is 22.0 Å². The molecule has 2 rings (SSSR count). The van der Waals surface area contributed by atoms with Crippen LogP contribution in [0.1, 0.15) is 12.5 Å². The number of nitro benzene ring substituents is 1. The molecule has 0 unspecified atom stereocenters. The van der Waals surface area contributed by atoms with E-state index in [-0.39, 0.29) is 16.8 Å². The molecule has 8 heteroatoms. The molecule has 0 aliphatic heterocycles. The van der Waals surface area contributed by atoms with Crippen LogP contribution in [-0.2, 0) is 4.79 Å². The first-order chi connectivity index (χ1) is 11.5. The number of para-hydroxylation sites is 1. The predicted octanol–water partition coefficient (Wildman–Crippen LogP) is 3.88. The van der Waals surface area contributed by atoms with Gasteiger partial charge in [0.2, 0.25) is 0 Å². The summed E-state index contributed by atoms with van der Waals surface area (Å²) in [6.07, 6.45) is 1.26. The Labute approximate surface area is 148 Å². The van der Waals surface area contributed by atoms with Gasteiger partial charge in [-0.05, 0) is 37.3 Å². The molecule has 2 aromatic carbocycles. The van der Waals surface area contributed by atoms with Crippen molar-refractivity contribution in [2.75, 3.05) is 0 Å². The summed E-state index contributed by atoms with van der Waals surface area (Å²) in [5.74, 6) is -0.301. The first kappa shape index (κ1) is 18.0. The molecule has 0 aliphatic rings. The van der Waals surface area contributed by atoms with Crippen molar-refractivity contribution in [3.63, 3.8) is 0 Å². The van der Waals surface area contributed by atoms with Crippen molar-refractivity contribution in [2.24, 2.45) is 5.10 Å². The van der Waals surface area contributed by atoms with Crippen LogP contribution in [0.15, 0.2) is 58.5 Å². The molecule has 0 saturated heterocycles. The number of benzene rings is 2. The van der Waals surface area contributed by atoms with Crippen LogP contribution in [0, 0.1) is 10.1 Å². The number of carbonyl (C=O) groups excluding carboxylic acids is 1. The second-order valence-corrected chi connectivity index (χ2v) is 6.61. The average Bonchev–Trinajstić information content (AvgIpc) is 2.57. The van der Waals surface area contributed by atoms with E-state index in [1.165, 1.54) is 24.0 Å². The van der Waals surface area contributed by atoms with Crippen LogP contribution in [0.2, 0.25) is 5.02 Å². The zero-order chi connectivity index (χ0) is 17.5. The number of nitrogens with one attached hydrogen (secondary N) is 1. The highest BCUT2D eigenvalue weighted by Gasteiger charge is 2.14. The number of thioether (sulfide) groups is 1. The van der Waals surface area contributed by atoms with E-state index in [4.69, 9.17) is 11.6 Å². The summed E-state index contributed by atoms with van der Waals surface area (Å²) >= 11 is 7.18. The standard InChI is InChI=1S/C16H14ClN3O3S/c1-11(24-14-8-6-13(17)7-9-14)16(21)19-18-10-12-4-2-3-5-15(12)20(22)23/h2-11H,1H3,(H,19,21)/b18-10-/t11-/m1/s1. The lowest BCUT2D eigenvalue weighted by atomic mass is 10.2. The summed E-state index contributed by atoms with van der Waals surface area (Å²) in [4.78, 5) is 23.3. The van der Waals surface area contributed by atoms with Crippen molar-refractivity contribution in [1.82, 2.24) is 5.43 Å². The maximum atomic E-state index is 12.0. The van der Waals surface area contributed by atoms with Crippen LogP contribution in [-0.4, -0.2) is 22.3 Å². The third-order valence-corrected chi connectivity index (χ3v) is 4.37. The fourth-order valence-electron chi connectivity index (χ4n) is 1.79. The summed E-state index contributed by atoms with van der Waals surface area (Å²) in [6, 6.07) is 13.3. The molecule has 0 bridgehead atoms. The van der Waals surface area contributed by atoms with Crippen molar-refractivity contribution >= 4 is 41.2 Å². The highest BCUT2D eigenvalue weighted by molar-refractivity contribution is 8.00. The molecular weight excluding hydrogens is 350 g/mol. The Kier molecular flexibility index (Phi) is 6.34. The first-order valence-electron chi connectivity index (χ1n) is 6.96.